The summed E-state index contributed by atoms with van der Waals surface area (Å²) in [6.45, 7) is 0. The highest BCUT2D eigenvalue weighted by molar-refractivity contribution is 5.99. The molecular weight excluding hydrogens is 284 g/mol. The van der Waals surface area contributed by atoms with E-state index in [0.29, 0.717) is 24.1 Å². The van der Waals surface area contributed by atoms with Crippen molar-refractivity contribution in [2.24, 2.45) is 5.92 Å². The maximum absolute atomic E-state index is 12.1. The zero-order chi connectivity index (χ0) is 15.7. The molecule has 0 atom stereocenters. The lowest BCUT2D eigenvalue weighted by Gasteiger charge is -2.38. The van der Waals surface area contributed by atoms with Gasteiger partial charge in [0, 0.05) is 17.2 Å². The number of aliphatic carboxylic acids is 1. The summed E-state index contributed by atoms with van der Waals surface area (Å²) in [5, 5.41) is 14.6. The minimum atomic E-state index is -1.12. The third-order valence-electron chi connectivity index (χ3n) is 4.33. The third kappa shape index (κ3) is 2.81. The van der Waals surface area contributed by atoms with Gasteiger partial charge in [0.15, 0.2) is 0 Å². The van der Waals surface area contributed by atoms with E-state index in [9.17, 15) is 19.5 Å². The Morgan fingerprint density at radius 3 is 2.18 bits per heavy atom. The van der Waals surface area contributed by atoms with Crippen molar-refractivity contribution in [2.45, 2.75) is 37.6 Å². The minimum absolute atomic E-state index is 0.0106. The lowest BCUT2D eigenvalue weighted by molar-refractivity contribution is -0.148. The quantitative estimate of drug-likeness (QED) is 0.772. The molecule has 2 amide bonds. The molecule has 6 nitrogen and oxygen atoms in total. The summed E-state index contributed by atoms with van der Waals surface area (Å²) in [7, 11) is 0. The van der Waals surface area contributed by atoms with E-state index in [1.165, 1.54) is 0 Å². The second kappa shape index (κ2) is 5.44. The summed E-state index contributed by atoms with van der Waals surface area (Å²) in [6.07, 6.45) is 3.60. The van der Waals surface area contributed by atoms with Gasteiger partial charge in [0.2, 0.25) is 5.91 Å². The Morgan fingerprint density at radius 2 is 1.73 bits per heavy atom. The van der Waals surface area contributed by atoms with Gasteiger partial charge in [-0.05, 0) is 56.4 Å². The number of carboxylic acid groups (broad SMARTS) is 1. The molecule has 0 radical (unpaired) electrons. The molecule has 2 saturated carbocycles. The second-order valence-electron chi connectivity index (χ2n) is 6.04. The van der Waals surface area contributed by atoms with Crippen LogP contribution in [-0.2, 0) is 9.59 Å². The SMILES string of the molecule is O=C(NC1(C(=O)O)CCC1)c1ccc(NC(=O)C2CC2)cc1. The molecule has 2 aliphatic carbocycles. The van der Waals surface area contributed by atoms with Crippen LogP contribution in [0.4, 0.5) is 5.69 Å². The molecule has 0 aliphatic heterocycles. The molecule has 0 saturated heterocycles. The largest absolute Gasteiger partial charge is 0.480 e. The first-order chi connectivity index (χ1) is 10.5. The standard InChI is InChI=1S/C16H18N2O4/c19-13(10-2-3-10)17-12-6-4-11(5-7-12)14(20)18-16(15(21)22)8-1-9-16/h4-7,10H,1-3,8-9H2,(H,17,19)(H,18,20)(H,21,22). The average Bonchev–Trinajstić information content (AvgIpc) is 3.27. The number of benzene rings is 1. The first-order valence-corrected chi connectivity index (χ1v) is 7.47. The first kappa shape index (κ1) is 14.6. The Bertz CT molecular complexity index is 616. The highest BCUT2D eigenvalue weighted by Crippen LogP contribution is 2.32. The molecule has 2 fully saturated rings. The van der Waals surface area contributed by atoms with Crippen LogP contribution >= 0.6 is 0 Å². The molecule has 3 N–H and O–H groups in total. The Labute approximate surface area is 127 Å². The van der Waals surface area contributed by atoms with Gasteiger partial charge in [0.1, 0.15) is 5.54 Å². The van der Waals surface area contributed by atoms with Crippen LogP contribution in [0.15, 0.2) is 24.3 Å². The van der Waals surface area contributed by atoms with Crippen LogP contribution in [0.1, 0.15) is 42.5 Å². The molecule has 1 aromatic rings. The maximum Gasteiger partial charge on any atom is 0.329 e. The number of hydrogen-bond acceptors (Lipinski definition) is 3. The van der Waals surface area contributed by atoms with Gasteiger partial charge >= 0.3 is 5.97 Å². The number of nitrogens with one attached hydrogen (secondary N) is 2. The summed E-state index contributed by atoms with van der Waals surface area (Å²) in [4.78, 5) is 35.0. The highest BCUT2D eigenvalue weighted by Gasteiger charge is 2.45. The lowest BCUT2D eigenvalue weighted by atomic mass is 9.76. The molecule has 0 spiro atoms. The zero-order valence-corrected chi connectivity index (χ0v) is 12.1. The molecule has 22 heavy (non-hydrogen) atoms. The molecule has 0 unspecified atom stereocenters. The van der Waals surface area contributed by atoms with Crippen molar-refractivity contribution in [1.82, 2.24) is 5.32 Å². The fourth-order valence-electron chi connectivity index (χ4n) is 2.51. The van der Waals surface area contributed by atoms with Crippen LogP contribution < -0.4 is 10.6 Å². The molecule has 0 aromatic heterocycles. The lowest BCUT2D eigenvalue weighted by Crippen LogP contribution is -2.59. The van der Waals surface area contributed by atoms with Crippen molar-refractivity contribution < 1.29 is 19.5 Å². The summed E-state index contributed by atoms with van der Waals surface area (Å²) < 4.78 is 0. The van der Waals surface area contributed by atoms with E-state index in [4.69, 9.17) is 0 Å². The fraction of sp³-hybridized carbons (Fsp3) is 0.438. The van der Waals surface area contributed by atoms with Crippen LogP contribution in [0.25, 0.3) is 0 Å². The van der Waals surface area contributed by atoms with Crippen molar-refractivity contribution >= 4 is 23.5 Å². The van der Waals surface area contributed by atoms with Crippen LogP contribution in [-0.4, -0.2) is 28.4 Å². The molecule has 0 heterocycles. The number of carbonyl (C=O) groups is 3. The normalized spacial score (nSPS) is 18.9. The van der Waals surface area contributed by atoms with Crippen LogP contribution in [0.3, 0.4) is 0 Å². The topological polar surface area (TPSA) is 95.5 Å². The molecule has 116 valence electrons. The van der Waals surface area contributed by atoms with Gasteiger partial charge in [-0.25, -0.2) is 4.79 Å². The molecule has 3 rings (SSSR count). The van der Waals surface area contributed by atoms with Gasteiger partial charge in [-0.3, -0.25) is 9.59 Å². The van der Waals surface area contributed by atoms with E-state index >= 15 is 0 Å². The van der Waals surface area contributed by atoms with Gasteiger partial charge < -0.3 is 15.7 Å². The Kier molecular flexibility index (Phi) is 3.60. The van der Waals surface area contributed by atoms with Crippen LogP contribution in [0, 0.1) is 5.92 Å². The average molecular weight is 302 g/mol. The molecule has 1 aromatic carbocycles. The Balaban J connectivity index is 1.63. The predicted molar refractivity (Wildman–Crippen MR) is 79.5 cm³/mol. The number of rotatable bonds is 5. The van der Waals surface area contributed by atoms with Gasteiger partial charge in [0.05, 0.1) is 0 Å². The van der Waals surface area contributed by atoms with E-state index in [1.807, 2.05) is 0 Å². The smallest absolute Gasteiger partial charge is 0.329 e. The van der Waals surface area contributed by atoms with Crippen molar-refractivity contribution in [3.63, 3.8) is 0 Å². The van der Waals surface area contributed by atoms with Crippen molar-refractivity contribution in [2.75, 3.05) is 5.32 Å². The zero-order valence-electron chi connectivity index (χ0n) is 12.1. The van der Waals surface area contributed by atoms with Gasteiger partial charge in [-0.15, -0.1) is 0 Å². The summed E-state index contributed by atoms with van der Waals surface area (Å²) in [6, 6.07) is 6.49. The highest BCUT2D eigenvalue weighted by atomic mass is 16.4. The van der Waals surface area contributed by atoms with Crippen LogP contribution in [0.5, 0.6) is 0 Å². The van der Waals surface area contributed by atoms with Gasteiger partial charge in [0.25, 0.3) is 5.91 Å². The number of carboxylic acids is 1. The van der Waals surface area contributed by atoms with E-state index in [1.54, 1.807) is 24.3 Å². The van der Waals surface area contributed by atoms with E-state index in [0.717, 1.165) is 19.3 Å². The summed E-state index contributed by atoms with van der Waals surface area (Å²) in [5.74, 6) is -1.25. The number of hydrogen-bond donors (Lipinski definition) is 3. The van der Waals surface area contributed by atoms with Gasteiger partial charge in [-0.2, -0.15) is 0 Å². The number of anilines is 1. The Morgan fingerprint density at radius 1 is 1.09 bits per heavy atom. The first-order valence-electron chi connectivity index (χ1n) is 7.47. The number of amides is 2. The van der Waals surface area contributed by atoms with E-state index < -0.39 is 17.4 Å². The summed E-state index contributed by atoms with van der Waals surface area (Å²) >= 11 is 0. The van der Waals surface area contributed by atoms with Crippen molar-refractivity contribution in [3.8, 4) is 0 Å². The fourth-order valence-corrected chi connectivity index (χ4v) is 2.51. The van der Waals surface area contributed by atoms with E-state index in [-0.39, 0.29) is 11.8 Å². The monoisotopic (exact) mass is 302 g/mol. The maximum atomic E-state index is 12.1. The predicted octanol–water partition coefficient (Wildman–Crippen LogP) is 1.77. The van der Waals surface area contributed by atoms with Crippen LogP contribution in [0.2, 0.25) is 0 Å². The minimum Gasteiger partial charge on any atom is -0.480 e. The molecule has 6 heteroatoms. The summed E-state index contributed by atoms with van der Waals surface area (Å²) in [5.41, 5.74) is -0.0855. The number of carbonyl (C=O) groups excluding carboxylic acids is 2. The third-order valence-corrected chi connectivity index (χ3v) is 4.33. The van der Waals surface area contributed by atoms with Gasteiger partial charge in [-0.1, -0.05) is 0 Å². The van der Waals surface area contributed by atoms with Crippen molar-refractivity contribution in [1.29, 1.82) is 0 Å². The van der Waals surface area contributed by atoms with E-state index in [2.05, 4.69) is 10.6 Å². The molecular formula is C16H18N2O4. The second-order valence-corrected chi connectivity index (χ2v) is 6.04. The Hall–Kier alpha value is -2.37. The van der Waals surface area contributed by atoms with Crippen molar-refractivity contribution in [3.05, 3.63) is 29.8 Å². The molecule has 2 aliphatic rings. The molecule has 0 bridgehead atoms.